The molecule has 1 aliphatic carbocycles. The number of allylic oxidation sites excluding steroid dienone is 1. The summed E-state index contributed by atoms with van der Waals surface area (Å²) in [6.07, 6.45) is 10.1. The van der Waals surface area contributed by atoms with Crippen molar-refractivity contribution in [1.29, 1.82) is 0 Å². The maximum absolute atomic E-state index is 5.45. The minimum Gasteiger partial charge on any atom is -0.497 e. The van der Waals surface area contributed by atoms with Crippen molar-refractivity contribution in [3.63, 3.8) is 0 Å². The van der Waals surface area contributed by atoms with Crippen LogP contribution in [0, 0.1) is 0 Å². The second-order valence-electron chi connectivity index (χ2n) is 6.02. The van der Waals surface area contributed by atoms with Crippen molar-refractivity contribution in [3.05, 3.63) is 36.0 Å². The maximum atomic E-state index is 5.45. The molecule has 0 radical (unpaired) electrons. The van der Waals surface area contributed by atoms with Gasteiger partial charge in [-0.25, -0.2) is 4.98 Å². The molecule has 132 valence electrons. The molecule has 0 aliphatic heterocycles. The van der Waals surface area contributed by atoms with E-state index in [4.69, 9.17) is 9.47 Å². The average molecular weight is 340 g/mol. The number of rotatable bonds is 7. The SMILES string of the molecule is COc1ccc(-c2cnnc(NCCC3=CCCCC3)n2)c(OC)c1. The highest BCUT2D eigenvalue weighted by atomic mass is 16.5. The van der Waals surface area contributed by atoms with Gasteiger partial charge in [0.1, 0.15) is 11.5 Å². The second kappa shape index (κ2) is 8.46. The van der Waals surface area contributed by atoms with E-state index in [-0.39, 0.29) is 0 Å². The van der Waals surface area contributed by atoms with Gasteiger partial charge in [-0.15, -0.1) is 5.10 Å². The Balaban J connectivity index is 1.70. The van der Waals surface area contributed by atoms with Crippen molar-refractivity contribution in [1.82, 2.24) is 15.2 Å². The standard InChI is InChI=1S/C19H24N4O2/c1-24-15-8-9-16(18(12-15)25-2)17-13-21-23-19(22-17)20-11-10-14-6-4-3-5-7-14/h6,8-9,12-13H,3-5,7,10-11H2,1-2H3,(H,20,22,23). The molecule has 0 saturated carbocycles. The molecule has 1 N–H and O–H groups in total. The largest absolute Gasteiger partial charge is 0.497 e. The molecule has 0 bridgehead atoms. The monoisotopic (exact) mass is 340 g/mol. The number of anilines is 1. The lowest BCUT2D eigenvalue weighted by Crippen LogP contribution is -2.08. The molecule has 1 aliphatic rings. The first-order valence-corrected chi connectivity index (χ1v) is 8.64. The molecule has 1 aromatic carbocycles. The normalized spacial score (nSPS) is 13.9. The molecule has 0 unspecified atom stereocenters. The molecule has 25 heavy (non-hydrogen) atoms. The number of aromatic nitrogens is 3. The first kappa shape index (κ1) is 17.2. The molecule has 6 heteroatoms. The van der Waals surface area contributed by atoms with Crippen molar-refractivity contribution in [2.45, 2.75) is 32.1 Å². The predicted octanol–water partition coefficient (Wildman–Crippen LogP) is 3.86. The molecule has 1 aromatic heterocycles. The number of benzene rings is 1. The summed E-state index contributed by atoms with van der Waals surface area (Å²) >= 11 is 0. The summed E-state index contributed by atoms with van der Waals surface area (Å²) < 4.78 is 10.7. The minimum absolute atomic E-state index is 0.534. The summed E-state index contributed by atoms with van der Waals surface area (Å²) in [4.78, 5) is 4.56. The third-order valence-corrected chi connectivity index (χ3v) is 4.36. The number of nitrogens with one attached hydrogen (secondary N) is 1. The summed E-state index contributed by atoms with van der Waals surface area (Å²) in [5.74, 6) is 1.96. The second-order valence-corrected chi connectivity index (χ2v) is 6.02. The Morgan fingerprint density at radius 3 is 2.84 bits per heavy atom. The van der Waals surface area contributed by atoms with Crippen LogP contribution in [-0.4, -0.2) is 35.9 Å². The van der Waals surface area contributed by atoms with E-state index in [0.29, 0.717) is 17.4 Å². The van der Waals surface area contributed by atoms with E-state index in [2.05, 4.69) is 26.6 Å². The molecular weight excluding hydrogens is 316 g/mol. The van der Waals surface area contributed by atoms with Gasteiger partial charge >= 0.3 is 0 Å². The Morgan fingerprint density at radius 2 is 2.08 bits per heavy atom. The van der Waals surface area contributed by atoms with Gasteiger partial charge in [-0.2, -0.15) is 5.10 Å². The molecule has 0 amide bonds. The van der Waals surface area contributed by atoms with Gasteiger partial charge in [-0.3, -0.25) is 0 Å². The van der Waals surface area contributed by atoms with Crippen LogP contribution in [0.4, 0.5) is 5.95 Å². The Labute approximate surface area is 148 Å². The quantitative estimate of drug-likeness (QED) is 0.772. The average Bonchev–Trinajstić information content (AvgIpc) is 2.68. The lowest BCUT2D eigenvalue weighted by molar-refractivity contribution is 0.395. The first-order chi connectivity index (χ1) is 12.3. The van der Waals surface area contributed by atoms with Crippen LogP contribution in [0.1, 0.15) is 32.1 Å². The Morgan fingerprint density at radius 1 is 1.16 bits per heavy atom. The first-order valence-electron chi connectivity index (χ1n) is 8.64. The fraction of sp³-hybridized carbons (Fsp3) is 0.421. The zero-order chi connectivity index (χ0) is 17.5. The number of hydrogen-bond acceptors (Lipinski definition) is 6. The summed E-state index contributed by atoms with van der Waals surface area (Å²) in [5.41, 5.74) is 3.10. The molecule has 3 rings (SSSR count). The van der Waals surface area contributed by atoms with Crippen molar-refractivity contribution in [2.24, 2.45) is 0 Å². The highest BCUT2D eigenvalue weighted by molar-refractivity contribution is 5.68. The van der Waals surface area contributed by atoms with Crippen molar-refractivity contribution >= 4 is 5.95 Å². The number of methoxy groups -OCH3 is 2. The fourth-order valence-electron chi connectivity index (χ4n) is 2.98. The molecule has 6 nitrogen and oxygen atoms in total. The van der Waals surface area contributed by atoms with E-state index in [1.54, 1.807) is 20.4 Å². The van der Waals surface area contributed by atoms with Crippen molar-refractivity contribution < 1.29 is 9.47 Å². The molecule has 0 spiro atoms. The van der Waals surface area contributed by atoms with Crippen LogP contribution in [-0.2, 0) is 0 Å². The van der Waals surface area contributed by atoms with Crippen LogP contribution >= 0.6 is 0 Å². The topological polar surface area (TPSA) is 69.2 Å². The minimum atomic E-state index is 0.534. The highest BCUT2D eigenvalue weighted by Gasteiger charge is 2.11. The molecule has 1 heterocycles. The van der Waals surface area contributed by atoms with Crippen LogP contribution in [0.25, 0.3) is 11.3 Å². The number of nitrogens with zero attached hydrogens (tertiary/aromatic N) is 3. The molecule has 0 saturated heterocycles. The van der Waals surface area contributed by atoms with Gasteiger partial charge in [-0.05, 0) is 44.2 Å². The van der Waals surface area contributed by atoms with Gasteiger partial charge < -0.3 is 14.8 Å². The zero-order valence-electron chi connectivity index (χ0n) is 14.8. The van der Waals surface area contributed by atoms with Crippen molar-refractivity contribution in [2.75, 3.05) is 26.1 Å². The van der Waals surface area contributed by atoms with E-state index < -0.39 is 0 Å². The molecule has 0 fully saturated rings. The Bertz CT molecular complexity index is 746. The van der Waals surface area contributed by atoms with Gasteiger partial charge in [-0.1, -0.05) is 11.6 Å². The van der Waals surface area contributed by atoms with E-state index in [0.717, 1.165) is 24.3 Å². The lowest BCUT2D eigenvalue weighted by atomic mass is 9.97. The molecular formula is C19H24N4O2. The van der Waals surface area contributed by atoms with Gasteiger partial charge in [0.2, 0.25) is 5.95 Å². The van der Waals surface area contributed by atoms with Crippen LogP contribution in [0.15, 0.2) is 36.0 Å². The van der Waals surface area contributed by atoms with E-state index in [1.165, 1.54) is 31.3 Å². The number of ether oxygens (including phenoxy) is 2. The summed E-state index contributed by atoms with van der Waals surface area (Å²) in [5, 5.41) is 11.4. The van der Waals surface area contributed by atoms with Crippen LogP contribution in [0.5, 0.6) is 11.5 Å². The smallest absolute Gasteiger partial charge is 0.243 e. The predicted molar refractivity (Wildman–Crippen MR) is 98.0 cm³/mol. The van der Waals surface area contributed by atoms with Crippen LogP contribution in [0.2, 0.25) is 0 Å². The van der Waals surface area contributed by atoms with E-state index in [9.17, 15) is 0 Å². The van der Waals surface area contributed by atoms with Gasteiger partial charge in [0.05, 0.1) is 26.1 Å². The summed E-state index contributed by atoms with van der Waals surface area (Å²) in [6.45, 7) is 0.816. The van der Waals surface area contributed by atoms with E-state index >= 15 is 0 Å². The van der Waals surface area contributed by atoms with Crippen molar-refractivity contribution in [3.8, 4) is 22.8 Å². The number of hydrogen-bond donors (Lipinski definition) is 1. The van der Waals surface area contributed by atoms with Crippen LogP contribution in [0.3, 0.4) is 0 Å². The van der Waals surface area contributed by atoms with Crippen LogP contribution < -0.4 is 14.8 Å². The summed E-state index contributed by atoms with van der Waals surface area (Å²) in [6, 6.07) is 5.63. The Kier molecular flexibility index (Phi) is 5.82. The van der Waals surface area contributed by atoms with Gasteiger partial charge in [0.15, 0.2) is 0 Å². The summed E-state index contributed by atoms with van der Waals surface area (Å²) in [7, 11) is 3.26. The van der Waals surface area contributed by atoms with Gasteiger partial charge in [0.25, 0.3) is 0 Å². The lowest BCUT2D eigenvalue weighted by Gasteiger charge is -2.13. The van der Waals surface area contributed by atoms with Gasteiger partial charge in [0, 0.05) is 18.2 Å². The molecule has 2 aromatic rings. The third-order valence-electron chi connectivity index (χ3n) is 4.36. The maximum Gasteiger partial charge on any atom is 0.243 e. The zero-order valence-corrected chi connectivity index (χ0v) is 14.8. The highest BCUT2D eigenvalue weighted by Crippen LogP contribution is 2.32. The molecule has 0 atom stereocenters. The fourth-order valence-corrected chi connectivity index (χ4v) is 2.98. The third kappa shape index (κ3) is 4.47. The Hall–Kier alpha value is -2.63. The van der Waals surface area contributed by atoms with E-state index in [1.807, 2.05) is 18.2 Å².